The maximum atomic E-state index is 12.2. The third kappa shape index (κ3) is 4.99. The Labute approximate surface area is 152 Å². The van der Waals surface area contributed by atoms with Gasteiger partial charge in [-0.2, -0.15) is 0 Å². The summed E-state index contributed by atoms with van der Waals surface area (Å²) >= 11 is 0. The van der Waals surface area contributed by atoms with Gasteiger partial charge in [-0.15, -0.1) is 5.10 Å². The molecular weight excluding hydrogens is 338 g/mol. The minimum atomic E-state index is -1.22. The lowest BCUT2D eigenvalue weighted by Crippen LogP contribution is -2.42. The number of amides is 2. The summed E-state index contributed by atoms with van der Waals surface area (Å²) in [6, 6.07) is 0. The molecule has 9 nitrogen and oxygen atoms in total. The summed E-state index contributed by atoms with van der Waals surface area (Å²) in [5.41, 5.74) is 1.31. The standard InChI is InChI=1S/C13H16N4O3.C4H9NO/c1-3-14-12(19)13(6-5-7-15-13)8-9-10(18)16-17-11(9)20-4-2;1-3-6-4-2-5-1/h5-8H,3-4H2,1-2H3,(H,14,19)(H,16,18);5H,1-4H2. The highest BCUT2D eigenvalue weighted by atomic mass is 16.5. The summed E-state index contributed by atoms with van der Waals surface area (Å²) in [4.78, 5) is 28.1. The van der Waals surface area contributed by atoms with Gasteiger partial charge in [0.25, 0.3) is 11.8 Å². The van der Waals surface area contributed by atoms with Crippen molar-refractivity contribution in [2.45, 2.75) is 19.4 Å². The van der Waals surface area contributed by atoms with Gasteiger partial charge in [0.05, 0.1) is 19.8 Å². The van der Waals surface area contributed by atoms with E-state index >= 15 is 0 Å². The average molecular weight is 363 g/mol. The molecule has 0 aromatic carbocycles. The minimum Gasteiger partial charge on any atom is -0.476 e. The van der Waals surface area contributed by atoms with E-state index in [1.54, 1.807) is 19.1 Å². The highest BCUT2D eigenvalue weighted by Crippen LogP contribution is 2.23. The van der Waals surface area contributed by atoms with Crippen LogP contribution in [-0.2, 0) is 19.1 Å². The first-order valence-corrected chi connectivity index (χ1v) is 8.66. The molecule has 0 aromatic heterocycles. The molecule has 1 atom stereocenters. The van der Waals surface area contributed by atoms with Crippen molar-refractivity contribution in [3.63, 3.8) is 0 Å². The fourth-order valence-corrected chi connectivity index (χ4v) is 2.42. The maximum absolute atomic E-state index is 12.2. The highest BCUT2D eigenvalue weighted by molar-refractivity contribution is 6.22. The quantitative estimate of drug-likeness (QED) is 0.584. The lowest BCUT2D eigenvalue weighted by atomic mass is 9.96. The number of carbonyl (C=O) groups excluding carboxylic acids is 2. The molecule has 0 radical (unpaired) electrons. The van der Waals surface area contributed by atoms with Crippen LogP contribution in [0.1, 0.15) is 13.8 Å². The van der Waals surface area contributed by atoms with Gasteiger partial charge in [0.2, 0.25) is 5.90 Å². The van der Waals surface area contributed by atoms with E-state index in [2.05, 4.69) is 26.2 Å². The molecule has 3 aliphatic heterocycles. The molecule has 2 amide bonds. The summed E-state index contributed by atoms with van der Waals surface area (Å²) in [5, 5.41) is 9.65. The summed E-state index contributed by atoms with van der Waals surface area (Å²) in [7, 11) is 0. The van der Waals surface area contributed by atoms with Crippen molar-refractivity contribution in [2.24, 2.45) is 10.1 Å². The molecule has 3 rings (SSSR count). The fourth-order valence-electron chi connectivity index (χ4n) is 2.42. The summed E-state index contributed by atoms with van der Waals surface area (Å²) in [5.74, 6) is -0.530. The van der Waals surface area contributed by atoms with Crippen LogP contribution < -0.4 is 16.1 Å². The van der Waals surface area contributed by atoms with Gasteiger partial charge >= 0.3 is 0 Å². The Kier molecular flexibility index (Phi) is 7.49. The van der Waals surface area contributed by atoms with E-state index in [9.17, 15) is 9.59 Å². The van der Waals surface area contributed by atoms with E-state index < -0.39 is 11.4 Å². The predicted molar refractivity (Wildman–Crippen MR) is 98.0 cm³/mol. The van der Waals surface area contributed by atoms with Gasteiger partial charge in [-0.05, 0) is 32.1 Å². The summed E-state index contributed by atoms with van der Waals surface area (Å²) < 4.78 is 10.3. The summed E-state index contributed by atoms with van der Waals surface area (Å²) in [6.07, 6.45) is 6.28. The molecule has 0 aromatic rings. The first-order valence-electron chi connectivity index (χ1n) is 8.66. The van der Waals surface area contributed by atoms with Crippen LogP contribution in [0.25, 0.3) is 0 Å². The number of hydrogen-bond donors (Lipinski definition) is 3. The topological polar surface area (TPSA) is 113 Å². The van der Waals surface area contributed by atoms with Gasteiger partial charge in [0, 0.05) is 25.8 Å². The second-order valence-electron chi connectivity index (χ2n) is 5.53. The molecule has 3 heterocycles. The van der Waals surface area contributed by atoms with E-state index in [4.69, 9.17) is 9.47 Å². The smallest absolute Gasteiger partial charge is 0.276 e. The first-order chi connectivity index (χ1) is 12.6. The Balaban J connectivity index is 0.000000342. The Hall–Kier alpha value is -2.52. The number of nitrogens with zero attached hydrogens (tertiary/aromatic N) is 2. The molecular formula is C17H25N5O4. The Morgan fingerprint density at radius 1 is 1.42 bits per heavy atom. The SMILES string of the molecule is C1COCCN1.CCNC(=O)C1(C=C2C(=O)NN=C2OCC)C=CC=N1. The second-order valence-corrected chi connectivity index (χ2v) is 5.53. The second kappa shape index (κ2) is 9.83. The monoisotopic (exact) mass is 363 g/mol. The van der Waals surface area contributed by atoms with Crippen LogP contribution in [0.4, 0.5) is 0 Å². The van der Waals surface area contributed by atoms with E-state index in [0.29, 0.717) is 13.2 Å². The van der Waals surface area contributed by atoms with Crippen molar-refractivity contribution in [3.05, 3.63) is 23.8 Å². The van der Waals surface area contributed by atoms with Crippen molar-refractivity contribution >= 4 is 23.9 Å². The van der Waals surface area contributed by atoms with Crippen molar-refractivity contribution in [1.29, 1.82) is 0 Å². The molecule has 0 bridgehead atoms. The van der Waals surface area contributed by atoms with Crippen LogP contribution in [0, 0.1) is 0 Å². The van der Waals surface area contributed by atoms with Crippen LogP contribution in [-0.4, -0.2) is 68.9 Å². The van der Waals surface area contributed by atoms with Gasteiger partial charge in [-0.3, -0.25) is 14.6 Å². The van der Waals surface area contributed by atoms with E-state index in [1.165, 1.54) is 12.3 Å². The van der Waals surface area contributed by atoms with Gasteiger partial charge < -0.3 is 20.1 Å². The normalized spacial score (nSPS) is 25.4. The number of rotatable bonds is 4. The number of aliphatic imine (C=N–C) groups is 1. The molecule has 0 spiro atoms. The van der Waals surface area contributed by atoms with E-state index in [-0.39, 0.29) is 17.4 Å². The largest absolute Gasteiger partial charge is 0.476 e. The van der Waals surface area contributed by atoms with Crippen molar-refractivity contribution < 1.29 is 19.1 Å². The molecule has 142 valence electrons. The lowest BCUT2D eigenvalue weighted by Gasteiger charge is -2.19. The van der Waals surface area contributed by atoms with Crippen molar-refractivity contribution in [3.8, 4) is 0 Å². The zero-order chi connectivity index (χ0) is 18.8. The number of ether oxygens (including phenoxy) is 2. The molecule has 0 aliphatic carbocycles. The Bertz CT molecular complexity index is 612. The molecule has 9 heteroatoms. The molecule has 3 aliphatic rings. The number of likely N-dealkylation sites (N-methyl/N-ethyl adjacent to an activating group) is 1. The zero-order valence-electron chi connectivity index (χ0n) is 15.1. The number of morpholine rings is 1. The number of carbonyl (C=O) groups is 2. The van der Waals surface area contributed by atoms with E-state index in [1.807, 2.05) is 6.92 Å². The van der Waals surface area contributed by atoms with Crippen molar-refractivity contribution in [1.82, 2.24) is 16.1 Å². The fraction of sp³-hybridized carbons (Fsp3) is 0.529. The lowest BCUT2D eigenvalue weighted by molar-refractivity contribution is -0.123. The Morgan fingerprint density at radius 2 is 2.19 bits per heavy atom. The van der Waals surface area contributed by atoms with Gasteiger partial charge in [-0.25, -0.2) is 5.43 Å². The van der Waals surface area contributed by atoms with Gasteiger partial charge in [0.1, 0.15) is 5.57 Å². The molecule has 26 heavy (non-hydrogen) atoms. The highest BCUT2D eigenvalue weighted by Gasteiger charge is 2.38. The first kappa shape index (κ1) is 19.8. The van der Waals surface area contributed by atoms with Crippen molar-refractivity contribution in [2.75, 3.05) is 39.5 Å². The number of hydrazone groups is 1. The predicted octanol–water partition coefficient (Wildman–Crippen LogP) is -0.486. The zero-order valence-corrected chi connectivity index (χ0v) is 15.1. The maximum Gasteiger partial charge on any atom is 0.276 e. The molecule has 3 N–H and O–H groups in total. The molecule has 1 fully saturated rings. The molecule has 0 saturated carbocycles. The van der Waals surface area contributed by atoms with Crippen LogP contribution in [0.3, 0.4) is 0 Å². The third-order valence-electron chi connectivity index (χ3n) is 3.65. The number of allylic oxidation sites excluding steroid dienone is 1. The third-order valence-corrected chi connectivity index (χ3v) is 3.65. The van der Waals surface area contributed by atoms with Crippen LogP contribution in [0.15, 0.2) is 33.9 Å². The van der Waals surface area contributed by atoms with Gasteiger partial charge in [-0.1, -0.05) is 0 Å². The van der Waals surface area contributed by atoms with Gasteiger partial charge in [0.15, 0.2) is 5.54 Å². The van der Waals surface area contributed by atoms with Crippen LogP contribution >= 0.6 is 0 Å². The van der Waals surface area contributed by atoms with Crippen LogP contribution in [0.2, 0.25) is 0 Å². The number of nitrogens with one attached hydrogen (secondary N) is 3. The molecule has 1 unspecified atom stereocenters. The molecule has 1 saturated heterocycles. The van der Waals surface area contributed by atoms with E-state index in [0.717, 1.165) is 26.3 Å². The number of hydrogen-bond acceptors (Lipinski definition) is 7. The minimum absolute atomic E-state index is 0.177. The summed E-state index contributed by atoms with van der Waals surface area (Å²) in [6.45, 7) is 8.29. The Morgan fingerprint density at radius 3 is 2.69 bits per heavy atom. The van der Waals surface area contributed by atoms with Crippen LogP contribution in [0.5, 0.6) is 0 Å². The average Bonchev–Trinajstić information content (AvgIpc) is 3.27.